The lowest BCUT2D eigenvalue weighted by molar-refractivity contribution is -0.302. The number of hydrogen-bond acceptors (Lipinski definition) is 8. The number of amides is 1. The first kappa shape index (κ1) is 54.7. The molecule has 0 aromatic rings. The molecule has 1 amide bonds. The van der Waals surface area contributed by atoms with E-state index in [1.54, 1.807) is 6.08 Å². The molecule has 0 spiro atoms. The van der Waals surface area contributed by atoms with Crippen LogP contribution in [-0.4, -0.2) is 87.5 Å². The van der Waals surface area contributed by atoms with Crippen LogP contribution in [0.2, 0.25) is 0 Å². The van der Waals surface area contributed by atoms with Gasteiger partial charge in [-0.05, 0) is 44.9 Å². The third kappa shape index (κ3) is 29.8. The summed E-state index contributed by atoms with van der Waals surface area (Å²) < 4.78 is 11.2. The average Bonchev–Trinajstić information content (AvgIpc) is 3.22. The van der Waals surface area contributed by atoms with Crippen LogP contribution in [0.4, 0.5) is 0 Å². The lowest BCUT2D eigenvalue weighted by Gasteiger charge is -2.40. The highest BCUT2D eigenvalue weighted by Crippen LogP contribution is 2.23. The number of hydrogen-bond donors (Lipinski definition) is 6. The fourth-order valence-electron chi connectivity index (χ4n) is 7.80. The van der Waals surface area contributed by atoms with Crippen molar-refractivity contribution in [3.05, 3.63) is 24.3 Å². The van der Waals surface area contributed by atoms with Crippen molar-refractivity contribution >= 4 is 5.91 Å². The van der Waals surface area contributed by atoms with Crippen molar-refractivity contribution in [2.45, 2.75) is 269 Å². The maximum absolute atomic E-state index is 13.0. The van der Waals surface area contributed by atoms with E-state index in [2.05, 4.69) is 31.3 Å². The maximum Gasteiger partial charge on any atom is 0.220 e. The molecule has 0 aromatic carbocycles. The minimum Gasteiger partial charge on any atom is -0.394 e. The summed E-state index contributed by atoms with van der Waals surface area (Å²) in [6.07, 6.45) is 40.8. The monoisotopic (exact) mass is 824 g/mol. The zero-order chi connectivity index (χ0) is 42.3. The van der Waals surface area contributed by atoms with Crippen molar-refractivity contribution in [3.63, 3.8) is 0 Å². The van der Waals surface area contributed by atoms with Gasteiger partial charge in [-0.2, -0.15) is 0 Å². The van der Waals surface area contributed by atoms with Gasteiger partial charge < -0.3 is 40.3 Å². The summed E-state index contributed by atoms with van der Waals surface area (Å²) >= 11 is 0. The van der Waals surface area contributed by atoms with Gasteiger partial charge in [-0.1, -0.05) is 199 Å². The van der Waals surface area contributed by atoms with Gasteiger partial charge in [0.2, 0.25) is 5.91 Å². The summed E-state index contributed by atoms with van der Waals surface area (Å²) in [5.74, 6) is -0.177. The smallest absolute Gasteiger partial charge is 0.220 e. The number of unbranched alkanes of at least 4 members (excludes halogenated alkanes) is 29. The molecule has 0 radical (unpaired) electrons. The molecule has 0 bridgehead atoms. The van der Waals surface area contributed by atoms with E-state index in [1.165, 1.54) is 167 Å². The molecular formula is C49H93NO8. The zero-order valence-corrected chi connectivity index (χ0v) is 37.6. The van der Waals surface area contributed by atoms with E-state index in [0.29, 0.717) is 6.42 Å². The molecular weight excluding hydrogens is 731 g/mol. The van der Waals surface area contributed by atoms with E-state index in [9.17, 15) is 30.3 Å². The third-order valence-electron chi connectivity index (χ3n) is 11.8. The zero-order valence-electron chi connectivity index (χ0n) is 37.6. The molecule has 1 aliphatic heterocycles. The second-order valence-corrected chi connectivity index (χ2v) is 17.3. The van der Waals surface area contributed by atoms with Gasteiger partial charge in [0.25, 0.3) is 0 Å². The first-order valence-electron chi connectivity index (χ1n) is 24.6. The number of carbonyl (C=O) groups is 1. The molecule has 0 aromatic heterocycles. The van der Waals surface area contributed by atoms with E-state index in [-0.39, 0.29) is 12.5 Å². The molecule has 9 heteroatoms. The van der Waals surface area contributed by atoms with E-state index < -0.39 is 49.5 Å². The van der Waals surface area contributed by atoms with Crippen LogP contribution in [0.5, 0.6) is 0 Å². The summed E-state index contributed by atoms with van der Waals surface area (Å²) in [6.45, 7) is 3.78. The van der Waals surface area contributed by atoms with Crippen molar-refractivity contribution in [2.24, 2.45) is 0 Å². The Kier molecular flexibility index (Phi) is 37.5. The Labute approximate surface area is 356 Å². The second kappa shape index (κ2) is 39.8. The van der Waals surface area contributed by atoms with E-state index >= 15 is 0 Å². The maximum atomic E-state index is 13.0. The molecule has 1 rings (SSSR count). The van der Waals surface area contributed by atoms with E-state index in [4.69, 9.17) is 9.47 Å². The second-order valence-electron chi connectivity index (χ2n) is 17.3. The van der Waals surface area contributed by atoms with Crippen LogP contribution < -0.4 is 5.32 Å². The van der Waals surface area contributed by atoms with Gasteiger partial charge in [0.1, 0.15) is 24.4 Å². The van der Waals surface area contributed by atoms with Crippen molar-refractivity contribution < 1.29 is 39.8 Å². The Morgan fingerprint density at radius 2 is 0.966 bits per heavy atom. The molecule has 7 atom stereocenters. The van der Waals surface area contributed by atoms with Crippen LogP contribution >= 0.6 is 0 Å². The van der Waals surface area contributed by atoms with Crippen LogP contribution in [0, 0.1) is 0 Å². The molecule has 9 nitrogen and oxygen atoms in total. The molecule has 0 aliphatic carbocycles. The summed E-state index contributed by atoms with van der Waals surface area (Å²) in [5.41, 5.74) is 0. The SMILES string of the molecule is CCCCCCCCC=CCCCCCCCCCCCCCC(=O)NC(COC1OC(CO)[C@H](O)[C@@H](O)C1O)C(O)C=CCCCCCCCCCCCCCC. The van der Waals surface area contributed by atoms with Gasteiger partial charge >= 0.3 is 0 Å². The van der Waals surface area contributed by atoms with Crippen LogP contribution in [0.1, 0.15) is 226 Å². The number of carbonyl (C=O) groups excluding carboxylic acids is 1. The molecule has 1 fully saturated rings. The quantitative estimate of drug-likeness (QED) is 0.0264. The predicted octanol–water partition coefficient (Wildman–Crippen LogP) is 10.7. The van der Waals surface area contributed by atoms with Crippen molar-refractivity contribution in [2.75, 3.05) is 13.2 Å². The minimum absolute atomic E-state index is 0.177. The number of aliphatic hydroxyl groups excluding tert-OH is 5. The van der Waals surface area contributed by atoms with Gasteiger partial charge in [0, 0.05) is 6.42 Å². The first-order valence-corrected chi connectivity index (χ1v) is 24.6. The van der Waals surface area contributed by atoms with Crippen LogP contribution in [0.3, 0.4) is 0 Å². The fraction of sp³-hybridized carbons (Fsp3) is 0.898. The van der Waals surface area contributed by atoms with Gasteiger partial charge in [0.05, 0.1) is 25.4 Å². The Bertz CT molecular complexity index is 961. The first-order chi connectivity index (χ1) is 28.3. The van der Waals surface area contributed by atoms with Gasteiger partial charge in [-0.15, -0.1) is 0 Å². The van der Waals surface area contributed by atoms with Gasteiger partial charge in [-0.25, -0.2) is 0 Å². The predicted molar refractivity (Wildman–Crippen MR) is 240 cm³/mol. The molecule has 58 heavy (non-hydrogen) atoms. The highest BCUT2D eigenvalue weighted by molar-refractivity contribution is 5.76. The Hall–Kier alpha value is -1.33. The van der Waals surface area contributed by atoms with Crippen LogP contribution in [0.15, 0.2) is 24.3 Å². The Morgan fingerprint density at radius 3 is 1.40 bits per heavy atom. The van der Waals surface area contributed by atoms with Crippen molar-refractivity contribution in [3.8, 4) is 0 Å². The number of aliphatic hydroxyl groups is 5. The summed E-state index contributed by atoms with van der Waals surface area (Å²) in [4.78, 5) is 13.0. The highest BCUT2D eigenvalue weighted by atomic mass is 16.7. The van der Waals surface area contributed by atoms with E-state index in [1.807, 2.05) is 6.08 Å². The van der Waals surface area contributed by atoms with Gasteiger partial charge in [0.15, 0.2) is 6.29 Å². The molecule has 1 saturated heterocycles. The molecule has 1 aliphatic rings. The summed E-state index contributed by atoms with van der Waals surface area (Å²) in [6, 6.07) is -0.801. The fourth-order valence-corrected chi connectivity index (χ4v) is 7.80. The standard InChI is InChI=1S/C49H93NO8/c1-3-5-7-9-11-13-15-17-19-20-21-22-23-24-25-27-29-31-33-35-37-39-45(53)50-42(41-57-49-48(56)47(55)46(54)44(40-51)58-49)43(52)38-36-34-32-30-28-26-18-16-14-12-10-8-6-4-2/h17,19,36,38,42-44,46-49,51-52,54-56H,3-16,18,20-35,37,39-41H2,1-2H3,(H,50,53)/t42?,43?,44?,46-,47+,48?,49?/m0/s1. The Balaban J connectivity index is 2.29. The molecule has 5 unspecified atom stereocenters. The summed E-state index contributed by atoms with van der Waals surface area (Å²) in [5, 5.41) is 54.2. The third-order valence-corrected chi connectivity index (χ3v) is 11.8. The lowest BCUT2D eigenvalue weighted by atomic mass is 9.99. The molecule has 0 saturated carbocycles. The summed E-state index contributed by atoms with van der Waals surface area (Å²) in [7, 11) is 0. The number of rotatable bonds is 41. The van der Waals surface area contributed by atoms with Crippen molar-refractivity contribution in [1.29, 1.82) is 0 Å². The lowest BCUT2D eigenvalue weighted by Crippen LogP contribution is -2.60. The molecule has 6 N–H and O–H groups in total. The van der Waals surface area contributed by atoms with Gasteiger partial charge in [-0.3, -0.25) is 4.79 Å². The number of nitrogens with one attached hydrogen (secondary N) is 1. The normalized spacial score (nSPS) is 21.0. The minimum atomic E-state index is -1.56. The Morgan fingerprint density at radius 1 is 0.569 bits per heavy atom. The van der Waals surface area contributed by atoms with E-state index in [0.717, 1.165) is 38.5 Å². The van der Waals surface area contributed by atoms with Crippen LogP contribution in [-0.2, 0) is 14.3 Å². The largest absolute Gasteiger partial charge is 0.394 e. The number of allylic oxidation sites excluding steroid dienone is 3. The average molecular weight is 824 g/mol. The van der Waals surface area contributed by atoms with Crippen molar-refractivity contribution in [1.82, 2.24) is 5.32 Å². The number of ether oxygens (including phenoxy) is 2. The molecule has 1 heterocycles. The van der Waals surface area contributed by atoms with Crippen LogP contribution in [0.25, 0.3) is 0 Å². The topological polar surface area (TPSA) is 149 Å². The highest BCUT2D eigenvalue weighted by Gasteiger charge is 2.44. The molecule has 342 valence electrons.